The Bertz CT molecular complexity index is 743. The van der Waals surface area contributed by atoms with Crippen LogP contribution in [-0.2, 0) is 6.61 Å². The van der Waals surface area contributed by atoms with Crippen LogP contribution in [0.15, 0.2) is 40.9 Å². The summed E-state index contributed by atoms with van der Waals surface area (Å²) >= 11 is 3.16. The number of non-ortho nitro benzene ring substituents is 1. The fourth-order valence-electron chi connectivity index (χ4n) is 1.65. The number of nitro benzene ring substituents is 1. The van der Waals surface area contributed by atoms with E-state index in [0.29, 0.717) is 15.8 Å². The highest BCUT2D eigenvalue weighted by Crippen LogP contribution is 2.26. The average molecular weight is 351 g/mol. The lowest BCUT2D eigenvalue weighted by Gasteiger charge is -2.07. The van der Waals surface area contributed by atoms with E-state index in [1.807, 2.05) is 0 Å². The van der Waals surface area contributed by atoms with Gasteiger partial charge in [0.1, 0.15) is 24.2 Å². The summed E-state index contributed by atoms with van der Waals surface area (Å²) in [5.41, 5.74) is 0.420. The van der Waals surface area contributed by atoms with Gasteiger partial charge in [0.25, 0.3) is 5.69 Å². The number of hydrogen-bond acceptors (Lipinski definition) is 4. The summed E-state index contributed by atoms with van der Waals surface area (Å²) in [6.07, 6.45) is 0. The first-order valence-electron chi connectivity index (χ1n) is 5.76. The van der Waals surface area contributed by atoms with E-state index in [0.717, 1.165) is 0 Å². The van der Waals surface area contributed by atoms with E-state index in [1.54, 1.807) is 12.1 Å². The van der Waals surface area contributed by atoms with Gasteiger partial charge in [-0.3, -0.25) is 10.1 Å². The van der Waals surface area contributed by atoms with Gasteiger partial charge in [0.15, 0.2) is 0 Å². The van der Waals surface area contributed by atoms with Gasteiger partial charge in [0.05, 0.1) is 16.6 Å². The van der Waals surface area contributed by atoms with Crippen molar-refractivity contribution in [1.82, 2.24) is 0 Å². The van der Waals surface area contributed by atoms with E-state index in [2.05, 4.69) is 15.9 Å². The third-order valence-corrected chi connectivity index (χ3v) is 3.08. The highest BCUT2D eigenvalue weighted by atomic mass is 79.9. The molecule has 0 aliphatic rings. The summed E-state index contributed by atoms with van der Waals surface area (Å²) in [4.78, 5) is 10.2. The Morgan fingerprint density at radius 3 is 2.76 bits per heavy atom. The maximum absolute atomic E-state index is 13.2. The minimum Gasteiger partial charge on any atom is -0.489 e. The molecule has 0 fully saturated rings. The number of hydrogen-bond donors (Lipinski definition) is 0. The molecule has 0 spiro atoms. The monoisotopic (exact) mass is 350 g/mol. The molecular weight excluding hydrogens is 343 g/mol. The molecule has 2 aromatic rings. The number of benzene rings is 2. The van der Waals surface area contributed by atoms with E-state index >= 15 is 0 Å². The van der Waals surface area contributed by atoms with Crippen molar-refractivity contribution in [3.63, 3.8) is 0 Å². The van der Waals surface area contributed by atoms with Crippen LogP contribution in [0.25, 0.3) is 0 Å². The Kier molecular flexibility index (Phi) is 4.50. The van der Waals surface area contributed by atoms with E-state index in [1.165, 1.54) is 30.3 Å². The summed E-state index contributed by atoms with van der Waals surface area (Å²) in [6, 6.07) is 10.0. The summed E-state index contributed by atoms with van der Waals surface area (Å²) in [5.74, 6) is -0.293. The van der Waals surface area contributed by atoms with Gasteiger partial charge in [-0.1, -0.05) is 22.0 Å². The first kappa shape index (κ1) is 14.9. The zero-order valence-electron chi connectivity index (χ0n) is 10.5. The molecule has 0 saturated carbocycles. The van der Waals surface area contributed by atoms with Crippen LogP contribution in [0.3, 0.4) is 0 Å². The Labute approximate surface area is 127 Å². The molecule has 0 unspecified atom stereocenters. The Balaban J connectivity index is 2.17. The molecule has 21 heavy (non-hydrogen) atoms. The molecule has 2 aromatic carbocycles. The van der Waals surface area contributed by atoms with E-state index in [4.69, 9.17) is 10.00 Å². The second kappa shape index (κ2) is 6.33. The molecule has 0 N–H and O–H groups in total. The highest BCUT2D eigenvalue weighted by Gasteiger charge is 2.10. The fourth-order valence-corrected chi connectivity index (χ4v) is 2.11. The summed E-state index contributed by atoms with van der Waals surface area (Å²) in [7, 11) is 0. The topological polar surface area (TPSA) is 76.2 Å². The molecule has 106 valence electrons. The van der Waals surface area contributed by atoms with Gasteiger partial charge in [-0.05, 0) is 23.8 Å². The maximum atomic E-state index is 13.2. The Hall–Kier alpha value is -2.46. The molecule has 0 heterocycles. The van der Waals surface area contributed by atoms with Crippen molar-refractivity contribution in [3.8, 4) is 11.8 Å². The first-order valence-corrected chi connectivity index (χ1v) is 6.55. The smallest absolute Gasteiger partial charge is 0.274 e. The molecule has 7 heteroatoms. The third kappa shape index (κ3) is 3.77. The molecule has 5 nitrogen and oxygen atoms in total. The number of rotatable bonds is 4. The van der Waals surface area contributed by atoms with Crippen LogP contribution >= 0.6 is 15.9 Å². The van der Waals surface area contributed by atoms with Crippen LogP contribution in [0.2, 0.25) is 0 Å². The van der Waals surface area contributed by atoms with Gasteiger partial charge < -0.3 is 4.74 Å². The van der Waals surface area contributed by atoms with Crippen LogP contribution < -0.4 is 4.74 Å². The standard InChI is InChI=1S/C14H8BrFN2O3/c15-11-4-12(18(19)20)6-13(5-11)21-8-9-1-2-14(16)10(3-9)7-17/h1-6H,8H2. The van der Waals surface area contributed by atoms with Crippen LogP contribution in [-0.4, -0.2) is 4.92 Å². The molecule has 0 aromatic heterocycles. The van der Waals surface area contributed by atoms with E-state index < -0.39 is 10.7 Å². The fraction of sp³-hybridized carbons (Fsp3) is 0.0714. The summed E-state index contributed by atoms with van der Waals surface area (Å²) < 4.78 is 19.1. The van der Waals surface area contributed by atoms with Crippen LogP contribution in [0.4, 0.5) is 10.1 Å². The second-order valence-corrected chi connectivity index (χ2v) is 5.03. The van der Waals surface area contributed by atoms with Crippen molar-refractivity contribution in [2.24, 2.45) is 0 Å². The normalized spacial score (nSPS) is 9.95. The number of nitriles is 1. The average Bonchev–Trinajstić information content (AvgIpc) is 2.45. The molecular formula is C14H8BrFN2O3. The van der Waals surface area contributed by atoms with Crippen LogP contribution in [0.1, 0.15) is 11.1 Å². The van der Waals surface area contributed by atoms with Crippen molar-refractivity contribution < 1.29 is 14.1 Å². The zero-order chi connectivity index (χ0) is 15.4. The Morgan fingerprint density at radius 2 is 2.10 bits per heavy atom. The van der Waals surface area contributed by atoms with Crippen molar-refractivity contribution in [2.45, 2.75) is 6.61 Å². The van der Waals surface area contributed by atoms with Crippen molar-refractivity contribution in [1.29, 1.82) is 5.26 Å². The lowest BCUT2D eigenvalue weighted by atomic mass is 10.1. The molecule has 0 amide bonds. The number of nitrogens with zero attached hydrogens (tertiary/aromatic N) is 2. The van der Waals surface area contributed by atoms with Crippen LogP contribution in [0.5, 0.6) is 5.75 Å². The predicted octanol–water partition coefficient (Wildman–Crippen LogP) is 3.95. The van der Waals surface area contributed by atoms with Crippen molar-refractivity contribution in [3.05, 3.63) is 67.9 Å². The van der Waals surface area contributed by atoms with Gasteiger partial charge in [-0.15, -0.1) is 0 Å². The molecule has 0 radical (unpaired) electrons. The minimum atomic E-state index is -0.598. The van der Waals surface area contributed by atoms with Gasteiger partial charge in [0, 0.05) is 10.5 Å². The summed E-state index contributed by atoms with van der Waals surface area (Å²) in [5, 5.41) is 19.5. The van der Waals surface area contributed by atoms with Gasteiger partial charge >= 0.3 is 0 Å². The Morgan fingerprint density at radius 1 is 1.33 bits per heavy atom. The number of nitro groups is 1. The largest absolute Gasteiger partial charge is 0.489 e. The van der Waals surface area contributed by atoms with Gasteiger partial charge in [0.2, 0.25) is 0 Å². The van der Waals surface area contributed by atoms with Gasteiger partial charge in [-0.2, -0.15) is 5.26 Å². The molecule has 2 rings (SSSR count). The third-order valence-electron chi connectivity index (χ3n) is 2.62. The quantitative estimate of drug-likeness (QED) is 0.617. The first-order chi connectivity index (χ1) is 9.99. The predicted molar refractivity (Wildman–Crippen MR) is 76.2 cm³/mol. The van der Waals surface area contributed by atoms with Crippen LogP contribution in [0, 0.1) is 27.3 Å². The SMILES string of the molecule is N#Cc1cc(COc2cc(Br)cc([N+](=O)[O-])c2)ccc1F. The molecule has 0 saturated heterocycles. The lowest BCUT2D eigenvalue weighted by molar-refractivity contribution is -0.385. The molecule has 0 bridgehead atoms. The number of halogens is 2. The number of ether oxygens (including phenoxy) is 1. The lowest BCUT2D eigenvalue weighted by Crippen LogP contribution is -1.98. The zero-order valence-corrected chi connectivity index (χ0v) is 12.1. The molecule has 0 aliphatic carbocycles. The molecule has 0 aliphatic heterocycles. The van der Waals surface area contributed by atoms with E-state index in [-0.39, 0.29) is 17.9 Å². The maximum Gasteiger partial charge on any atom is 0.274 e. The highest BCUT2D eigenvalue weighted by molar-refractivity contribution is 9.10. The molecule has 0 atom stereocenters. The minimum absolute atomic E-state index is 0.0720. The summed E-state index contributed by atoms with van der Waals surface area (Å²) in [6.45, 7) is 0.0720. The van der Waals surface area contributed by atoms with Crippen molar-refractivity contribution >= 4 is 21.6 Å². The van der Waals surface area contributed by atoms with E-state index in [9.17, 15) is 14.5 Å². The second-order valence-electron chi connectivity index (χ2n) is 4.12. The van der Waals surface area contributed by atoms with Gasteiger partial charge in [-0.25, -0.2) is 4.39 Å². The van der Waals surface area contributed by atoms with Crippen molar-refractivity contribution in [2.75, 3.05) is 0 Å².